The Balaban J connectivity index is 2.01. The summed E-state index contributed by atoms with van der Waals surface area (Å²) in [6.45, 7) is 13.2. The van der Waals surface area contributed by atoms with Gasteiger partial charge in [0.2, 0.25) is 0 Å². The molecule has 1 fully saturated rings. The minimum absolute atomic E-state index is 0.0897. The maximum atomic E-state index is 13.3. The number of rotatable bonds is 4. The van der Waals surface area contributed by atoms with E-state index >= 15 is 0 Å². The number of ketones is 1. The molecule has 2 aliphatic rings. The quantitative estimate of drug-likeness (QED) is 0.644. The van der Waals surface area contributed by atoms with Crippen molar-refractivity contribution in [1.29, 1.82) is 0 Å². The first kappa shape index (κ1) is 21.8. The van der Waals surface area contributed by atoms with E-state index in [1.165, 1.54) is 5.56 Å². The van der Waals surface area contributed by atoms with Crippen molar-refractivity contribution < 1.29 is 19.1 Å². The lowest BCUT2D eigenvalue weighted by Gasteiger charge is -2.30. The average molecular weight is 399 g/mol. The minimum atomic E-state index is -0.620. The molecular formula is C25H34O4. The van der Waals surface area contributed by atoms with E-state index in [1.54, 1.807) is 0 Å². The summed E-state index contributed by atoms with van der Waals surface area (Å²) in [6.07, 6.45) is 3.14. The van der Waals surface area contributed by atoms with Gasteiger partial charge in [0.25, 0.3) is 0 Å². The number of hydrogen-bond donors (Lipinski definition) is 0. The van der Waals surface area contributed by atoms with Crippen LogP contribution in [0.5, 0.6) is 0 Å². The van der Waals surface area contributed by atoms with Gasteiger partial charge in [-0.2, -0.15) is 0 Å². The first-order valence-electron chi connectivity index (χ1n) is 10.7. The number of allylic oxidation sites excluding steroid dienone is 2. The van der Waals surface area contributed by atoms with E-state index in [2.05, 4.69) is 19.1 Å². The predicted octanol–water partition coefficient (Wildman–Crippen LogP) is 5.32. The molecule has 0 spiro atoms. The number of carbonyl (C=O) groups is 2. The van der Waals surface area contributed by atoms with Gasteiger partial charge in [-0.15, -0.1) is 0 Å². The largest absolute Gasteiger partial charge is 0.430 e. The van der Waals surface area contributed by atoms with Crippen molar-refractivity contribution >= 4 is 17.3 Å². The normalized spacial score (nSPS) is 22.9. The molecule has 29 heavy (non-hydrogen) atoms. The first-order chi connectivity index (χ1) is 13.6. The van der Waals surface area contributed by atoms with Crippen molar-refractivity contribution in [3.63, 3.8) is 0 Å². The van der Waals surface area contributed by atoms with E-state index in [0.717, 1.165) is 42.7 Å². The van der Waals surface area contributed by atoms with Crippen LogP contribution < -0.4 is 0 Å². The summed E-state index contributed by atoms with van der Waals surface area (Å²) in [7, 11) is 0. The van der Waals surface area contributed by atoms with E-state index in [9.17, 15) is 9.59 Å². The number of carbonyl (C=O) groups excluding carboxylic acids is 2. The zero-order chi connectivity index (χ0) is 21.3. The van der Waals surface area contributed by atoms with Crippen LogP contribution >= 0.6 is 0 Å². The molecule has 0 bridgehead atoms. The highest BCUT2D eigenvalue weighted by atomic mass is 16.5. The highest BCUT2D eigenvalue weighted by Gasteiger charge is 2.35. The van der Waals surface area contributed by atoms with Gasteiger partial charge in [-0.05, 0) is 82.9 Å². The van der Waals surface area contributed by atoms with Crippen LogP contribution in [0.3, 0.4) is 0 Å². The summed E-state index contributed by atoms with van der Waals surface area (Å²) in [6, 6.07) is 4.18. The summed E-state index contributed by atoms with van der Waals surface area (Å²) in [4.78, 5) is 26.0. The van der Waals surface area contributed by atoms with Gasteiger partial charge in [-0.3, -0.25) is 9.59 Å². The van der Waals surface area contributed by atoms with Gasteiger partial charge in [0.1, 0.15) is 5.76 Å². The van der Waals surface area contributed by atoms with Gasteiger partial charge in [0.15, 0.2) is 5.78 Å². The number of benzene rings is 1. The van der Waals surface area contributed by atoms with Gasteiger partial charge in [-0.25, -0.2) is 0 Å². The molecule has 0 amide bonds. The molecule has 0 N–H and O–H groups in total. The Kier molecular flexibility index (Phi) is 6.33. The molecule has 1 aromatic rings. The number of hydrogen-bond acceptors (Lipinski definition) is 4. The van der Waals surface area contributed by atoms with E-state index < -0.39 is 5.41 Å². The zero-order valence-corrected chi connectivity index (χ0v) is 18.7. The maximum absolute atomic E-state index is 13.3. The molecule has 1 heterocycles. The predicted molar refractivity (Wildman–Crippen MR) is 114 cm³/mol. The Labute approximate surface area is 174 Å². The molecule has 1 aromatic carbocycles. The summed E-state index contributed by atoms with van der Waals surface area (Å²) >= 11 is 0. The smallest absolute Gasteiger partial charge is 0.316 e. The van der Waals surface area contributed by atoms with E-state index in [1.807, 2.05) is 34.6 Å². The fourth-order valence-corrected chi connectivity index (χ4v) is 4.57. The first-order valence-corrected chi connectivity index (χ1v) is 10.7. The van der Waals surface area contributed by atoms with E-state index in [4.69, 9.17) is 9.47 Å². The Bertz CT molecular complexity index is 812. The highest BCUT2D eigenvalue weighted by Crippen LogP contribution is 2.40. The highest BCUT2D eigenvalue weighted by molar-refractivity contribution is 6.23. The van der Waals surface area contributed by atoms with Crippen LogP contribution in [0.4, 0.5) is 0 Å². The summed E-state index contributed by atoms with van der Waals surface area (Å²) < 4.78 is 11.4. The molecule has 4 heteroatoms. The van der Waals surface area contributed by atoms with Crippen LogP contribution in [0.1, 0.15) is 68.7 Å². The molecular weight excluding hydrogens is 364 g/mol. The SMILES string of the molecule is Cc1cc(C)c(C2=C(OC(=O)C(C)(C)C)CC(CC3CCOC3)CC2=O)c(C)c1. The number of Topliss-reactive ketones (excluding diaryl/α,β-unsaturated/α-hetero) is 1. The standard InChI is InChI=1S/C25H34O4/c1-15-9-16(2)22(17(3)10-15)23-20(26)12-19(11-18-7-8-28-14-18)13-21(23)29-24(27)25(4,5)6/h9-10,18-19H,7-8,11-14H2,1-6H3. The molecule has 158 valence electrons. The Morgan fingerprint density at radius 3 is 2.31 bits per heavy atom. The molecule has 1 saturated heterocycles. The second-order valence-electron chi connectivity index (χ2n) is 9.87. The van der Waals surface area contributed by atoms with Crippen molar-refractivity contribution in [2.75, 3.05) is 13.2 Å². The zero-order valence-electron chi connectivity index (χ0n) is 18.7. The van der Waals surface area contributed by atoms with Crippen molar-refractivity contribution in [3.05, 3.63) is 40.1 Å². The Morgan fingerprint density at radius 1 is 1.10 bits per heavy atom. The fourth-order valence-electron chi connectivity index (χ4n) is 4.57. The monoisotopic (exact) mass is 398 g/mol. The third kappa shape index (κ3) is 4.98. The van der Waals surface area contributed by atoms with E-state index in [0.29, 0.717) is 30.1 Å². The molecule has 1 aliphatic heterocycles. The Hall–Kier alpha value is -1.94. The summed E-state index contributed by atoms with van der Waals surface area (Å²) in [5.74, 6) is 1.06. The van der Waals surface area contributed by atoms with Gasteiger partial charge in [0, 0.05) is 26.1 Å². The molecule has 1 aliphatic carbocycles. The maximum Gasteiger partial charge on any atom is 0.316 e. The van der Waals surface area contributed by atoms with Crippen LogP contribution in [0.25, 0.3) is 5.57 Å². The van der Waals surface area contributed by atoms with Crippen LogP contribution in [0.15, 0.2) is 17.9 Å². The minimum Gasteiger partial charge on any atom is -0.430 e. The molecule has 0 aromatic heterocycles. The summed E-state index contributed by atoms with van der Waals surface area (Å²) in [5.41, 5.74) is 4.19. The topological polar surface area (TPSA) is 52.6 Å². The van der Waals surface area contributed by atoms with Crippen LogP contribution in [0, 0.1) is 38.0 Å². The second kappa shape index (κ2) is 8.43. The fraction of sp³-hybridized carbons (Fsp3) is 0.600. The van der Waals surface area contributed by atoms with Crippen molar-refractivity contribution in [3.8, 4) is 0 Å². The van der Waals surface area contributed by atoms with E-state index in [-0.39, 0.29) is 17.7 Å². The van der Waals surface area contributed by atoms with Crippen LogP contribution in [-0.4, -0.2) is 25.0 Å². The van der Waals surface area contributed by atoms with Crippen molar-refractivity contribution in [2.45, 2.75) is 67.2 Å². The number of esters is 1. The average Bonchev–Trinajstić information content (AvgIpc) is 3.08. The third-order valence-corrected chi connectivity index (χ3v) is 5.95. The van der Waals surface area contributed by atoms with Crippen LogP contribution in [-0.2, 0) is 19.1 Å². The van der Waals surface area contributed by atoms with Crippen molar-refractivity contribution in [1.82, 2.24) is 0 Å². The lowest BCUT2D eigenvalue weighted by molar-refractivity contribution is -0.148. The van der Waals surface area contributed by atoms with Crippen molar-refractivity contribution in [2.24, 2.45) is 17.3 Å². The molecule has 0 saturated carbocycles. The number of aryl methyl sites for hydroxylation is 3. The molecule has 4 nitrogen and oxygen atoms in total. The van der Waals surface area contributed by atoms with Gasteiger partial charge >= 0.3 is 5.97 Å². The molecule has 2 unspecified atom stereocenters. The summed E-state index contributed by atoms with van der Waals surface area (Å²) in [5, 5.41) is 0. The van der Waals surface area contributed by atoms with Gasteiger partial charge < -0.3 is 9.47 Å². The van der Waals surface area contributed by atoms with Gasteiger partial charge in [-0.1, -0.05) is 17.7 Å². The van der Waals surface area contributed by atoms with Gasteiger partial charge in [0.05, 0.1) is 11.0 Å². The third-order valence-electron chi connectivity index (χ3n) is 5.95. The Morgan fingerprint density at radius 2 is 1.76 bits per heavy atom. The molecule has 2 atom stereocenters. The molecule has 3 rings (SSSR count). The van der Waals surface area contributed by atoms with Crippen LogP contribution in [0.2, 0.25) is 0 Å². The lowest BCUT2D eigenvalue weighted by Crippen LogP contribution is -2.28. The second-order valence-corrected chi connectivity index (χ2v) is 9.87. The number of ether oxygens (including phenoxy) is 2. The lowest BCUT2D eigenvalue weighted by atomic mass is 9.78. The molecule has 0 radical (unpaired) electrons.